The molecule has 0 fully saturated rings. The van der Waals surface area contributed by atoms with Gasteiger partial charge in [-0.25, -0.2) is 0 Å². The van der Waals surface area contributed by atoms with Gasteiger partial charge in [-0.15, -0.1) is 0 Å². The molecule has 0 bridgehead atoms. The molecule has 0 atom stereocenters. The summed E-state index contributed by atoms with van der Waals surface area (Å²) in [6.07, 6.45) is 14.0. The van der Waals surface area contributed by atoms with Gasteiger partial charge in [0.15, 0.2) is 0 Å². The number of rotatable bonds is 8. The van der Waals surface area contributed by atoms with E-state index in [1.807, 2.05) is 0 Å². The van der Waals surface area contributed by atoms with Gasteiger partial charge < -0.3 is 0 Å². The minimum atomic E-state index is 0.293. The van der Waals surface area contributed by atoms with Crippen LogP contribution in [-0.4, -0.2) is 0 Å². The Balaban J connectivity index is 2.19. The lowest BCUT2D eigenvalue weighted by atomic mass is 9.62. The van der Waals surface area contributed by atoms with Gasteiger partial charge in [-0.2, -0.15) is 0 Å². The van der Waals surface area contributed by atoms with Crippen molar-refractivity contribution in [2.45, 2.75) is 103 Å². The molecule has 0 saturated carbocycles. The molecular weight excluding hydrogens is 288 g/mol. The summed E-state index contributed by atoms with van der Waals surface area (Å²) >= 11 is 0. The standard InChI is InChI=1S/C24H38/c1-7-9-10-11-12-13-14-20-18-22-21(17-19(20)8-2)23(3,4)15-16-24(22,5)6/h8,17-18H,2,7,9-16H2,1,3-6H3. The van der Waals surface area contributed by atoms with Crippen LogP contribution < -0.4 is 0 Å². The van der Waals surface area contributed by atoms with Crippen molar-refractivity contribution in [3.63, 3.8) is 0 Å². The van der Waals surface area contributed by atoms with E-state index in [1.54, 1.807) is 11.1 Å². The Bertz CT molecular complexity index is 560. The Morgan fingerprint density at radius 1 is 0.875 bits per heavy atom. The summed E-state index contributed by atoms with van der Waals surface area (Å²) in [4.78, 5) is 0. The van der Waals surface area contributed by atoms with Gasteiger partial charge in [-0.1, -0.05) is 91.5 Å². The van der Waals surface area contributed by atoms with E-state index in [0.29, 0.717) is 10.8 Å². The first kappa shape index (κ1) is 19.3. The van der Waals surface area contributed by atoms with E-state index in [0.717, 1.165) is 0 Å². The molecule has 0 aromatic heterocycles. The molecule has 0 unspecified atom stereocenters. The van der Waals surface area contributed by atoms with E-state index in [9.17, 15) is 0 Å². The van der Waals surface area contributed by atoms with Crippen molar-refractivity contribution < 1.29 is 0 Å². The van der Waals surface area contributed by atoms with Crippen LogP contribution in [0, 0.1) is 0 Å². The summed E-state index contributed by atoms with van der Waals surface area (Å²) in [5, 5.41) is 0. The summed E-state index contributed by atoms with van der Waals surface area (Å²) in [6.45, 7) is 16.0. The first-order chi connectivity index (χ1) is 11.3. The van der Waals surface area contributed by atoms with Gasteiger partial charge in [0.1, 0.15) is 0 Å². The maximum atomic E-state index is 4.09. The molecule has 2 rings (SSSR count). The smallest absolute Gasteiger partial charge is 0.0100 e. The summed E-state index contributed by atoms with van der Waals surface area (Å²) in [7, 11) is 0. The highest BCUT2D eigenvalue weighted by molar-refractivity contribution is 5.58. The molecule has 1 aliphatic carbocycles. The fourth-order valence-corrected chi connectivity index (χ4v) is 4.18. The molecule has 0 radical (unpaired) electrons. The molecular formula is C24H38. The van der Waals surface area contributed by atoms with E-state index in [-0.39, 0.29) is 0 Å². The summed E-state index contributed by atoms with van der Waals surface area (Å²) in [5.41, 5.74) is 6.63. The van der Waals surface area contributed by atoms with Crippen molar-refractivity contribution in [1.82, 2.24) is 0 Å². The third kappa shape index (κ3) is 4.32. The SMILES string of the molecule is C=Cc1cc2c(cc1CCCCCCCC)C(C)(C)CCC2(C)C. The van der Waals surface area contributed by atoms with Crippen LogP contribution in [0.2, 0.25) is 0 Å². The van der Waals surface area contributed by atoms with Crippen LogP contribution in [0.3, 0.4) is 0 Å². The molecule has 0 nitrogen and oxygen atoms in total. The van der Waals surface area contributed by atoms with Gasteiger partial charge in [0.25, 0.3) is 0 Å². The Labute approximate surface area is 150 Å². The average molecular weight is 327 g/mol. The van der Waals surface area contributed by atoms with Gasteiger partial charge in [-0.3, -0.25) is 0 Å². The zero-order chi connectivity index (χ0) is 17.8. The van der Waals surface area contributed by atoms with Crippen molar-refractivity contribution in [1.29, 1.82) is 0 Å². The highest BCUT2D eigenvalue weighted by Gasteiger charge is 2.37. The van der Waals surface area contributed by atoms with E-state index in [4.69, 9.17) is 0 Å². The molecule has 0 heterocycles. The lowest BCUT2D eigenvalue weighted by molar-refractivity contribution is 0.331. The Morgan fingerprint density at radius 2 is 1.42 bits per heavy atom. The van der Waals surface area contributed by atoms with Crippen LogP contribution in [0.15, 0.2) is 18.7 Å². The van der Waals surface area contributed by atoms with Crippen LogP contribution in [0.4, 0.5) is 0 Å². The topological polar surface area (TPSA) is 0 Å². The predicted molar refractivity (Wildman–Crippen MR) is 109 cm³/mol. The van der Waals surface area contributed by atoms with Gasteiger partial charge in [0, 0.05) is 0 Å². The number of hydrogen-bond donors (Lipinski definition) is 0. The quantitative estimate of drug-likeness (QED) is 0.432. The zero-order valence-corrected chi connectivity index (χ0v) is 16.8. The second-order valence-corrected chi connectivity index (χ2v) is 9.09. The first-order valence-electron chi connectivity index (χ1n) is 10.1. The van der Waals surface area contributed by atoms with Crippen molar-refractivity contribution in [2.75, 3.05) is 0 Å². The second-order valence-electron chi connectivity index (χ2n) is 9.09. The van der Waals surface area contributed by atoms with Gasteiger partial charge >= 0.3 is 0 Å². The van der Waals surface area contributed by atoms with Gasteiger partial charge in [0.2, 0.25) is 0 Å². The fourth-order valence-electron chi connectivity index (χ4n) is 4.18. The third-order valence-corrected chi connectivity index (χ3v) is 6.13. The van der Waals surface area contributed by atoms with E-state index in [1.165, 1.54) is 68.9 Å². The molecule has 0 aliphatic heterocycles. The zero-order valence-electron chi connectivity index (χ0n) is 16.8. The molecule has 0 spiro atoms. The number of aryl methyl sites for hydroxylation is 1. The molecule has 0 N–H and O–H groups in total. The largest absolute Gasteiger partial charge is 0.0985 e. The van der Waals surface area contributed by atoms with Crippen molar-refractivity contribution >= 4 is 6.08 Å². The highest BCUT2D eigenvalue weighted by atomic mass is 14.4. The fraction of sp³-hybridized carbons (Fsp3) is 0.667. The van der Waals surface area contributed by atoms with Crippen molar-refractivity contribution in [2.24, 2.45) is 0 Å². The molecule has 134 valence electrons. The van der Waals surface area contributed by atoms with Crippen LogP contribution in [0.5, 0.6) is 0 Å². The molecule has 24 heavy (non-hydrogen) atoms. The minimum Gasteiger partial charge on any atom is -0.0985 e. The summed E-state index contributed by atoms with van der Waals surface area (Å²) in [5.74, 6) is 0. The number of hydrogen-bond acceptors (Lipinski definition) is 0. The first-order valence-corrected chi connectivity index (χ1v) is 10.1. The number of benzene rings is 1. The molecule has 0 saturated heterocycles. The minimum absolute atomic E-state index is 0.293. The molecule has 0 amide bonds. The van der Waals surface area contributed by atoms with Gasteiger partial charge in [0.05, 0.1) is 0 Å². The Hall–Kier alpha value is -1.04. The molecule has 1 aromatic carbocycles. The molecule has 1 aromatic rings. The molecule has 0 heteroatoms. The van der Waals surface area contributed by atoms with Crippen molar-refractivity contribution in [3.8, 4) is 0 Å². The van der Waals surface area contributed by atoms with Crippen molar-refractivity contribution in [3.05, 3.63) is 41.0 Å². The van der Waals surface area contributed by atoms with Gasteiger partial charge in [-0.05, 0) is 58.8 Å². The number of unbranched alkanes of at least 4 members (excludes halogenated alkanes) is 5. The maximum Gasteiger partial charge on any atom is -0.0100 e. The maximum absolute atomic E-state index is 4.09. The summed E-state index contributed by atoms with van der Waals surface area (Å²) < 4.78 is 0. The number of fused-ring (bicyclic) bond motifs is 1. The lowest BCUT2D eigenvalue weighted by Gasteiger charge is -2.42. The van der Waals surface area contributed by atoms with E-state index >= 15 is 0 Å². The predicted octanol–water partition coefficient (Wildman–Crippen LogP) is 7.58. The lowest BCUT2D eigenvalue weighted by Crippen LogP contribution is -2.34. The highest BCUT2D eigenvalue weighted by Crippen LogP contribution is 2.46. The second kappa shape index (κ2) is 7.89. The van der Waals surface area contributed by atoms with E-state index < -0.39 is 0 Å². The van der Waals surface area contributed by atoms with Crippen LogP contribution in [0.25, 0.3) is 6.08 Å². The Kier molecular flexibility index (Phi) is 6.34. The molecule has 1 aliphatic rings. The monoisotopic (exact) mass is 326 g/mol. The normalized spacial score (nSPS) is 18.2. The van der Waals surface area contributed by atoms with Crippen LogP contribution >= 0.6 is 0 Å². The Morgan fingerprint density at radius 3 is 2.00 bits per heavy atom. The van der Waals surface area contributed by atoms with E-state index in [2.05, 4.69) is 59.4 Å². The van der Waals surface area contributed by atoms with Crippen LogP contribution in [0.1, 0.15) is 108 Å². The average Bonchev–Trinajstić information content (AvgIpc) is 2.54. The summed E-state index contributed by atoms with van der Waals surface area (Å²) in [6, 6.07) is 4.98. The third-order valence-electron chi connectivity index (χ3n) is 6.13. The van der Waals surface area contributed by atoms with Crippen LogP contribution in [-0.2, 0) is 17.3 Å².